The average Bonchev–Trinajstić information content (AvgIpc) is 3.70. The maximum atomic E-state index is 11.7. The summed E-state index contributed by atoms with van der Waals surface area (Å²) in [5, 5.41) is 118. The molecule has 362 valence electrons. The fraction of sp³-hybridized carbons (Fsp3) is 0.956. The summed E-state index contributed by atoms with van der Waals surface area (Å²) < 4.78 is 41.8. The topological polar surface area (TPSA) is 287 Å². The van der Waals surface area contributed by atoms with Crippen molar-refractivity contribution < 1.29 is 89.3 Å². The molecule has 7 fully saturated rings. The van der Waals surface area contributed by atoms with E-state index in [0.29, 0.717) is 43.4 Å². The predicted octanol–water partition coefficient (Wildman–Crippen LogP) is -0.831. The van der Waals surface area contributed by atoms with E-state index in [1.807, 2.05) is 6.92 Å². The average molecular weight is 903 g/mol. The summed E-state index contributed by atoms with van der Waals surface area (Å²) in [6, 6.07) is 0. The van der Waals surface area contributed by atoms with Crippen LogP contribution < -0.4 is 0 Å². The Morgan fingerprint density at radius 2 is 1.38 bits per heavy atom. The molecule has 63 heavy (non-hydrogen) atoms. The van der Waals surface area contributed by atoms with Crippen molar-refractivity contribution in [2.24, 2.45) is 46.3 Å². The van der Waals surface area contributed by atoms with E-state index in [1.54, 1.807) is 0 Å². The summed E-state index contributed by atoms with van der Waals surface area (Å²) in [5.41, 5.74) is 1.33. The van der Waals surface area contributed by atoms with Crippen molar-refractivity contribution in [3.63, 3.8) is 0 Å². The lowest BCUT2D eigenvalue weighted by molar-refractivity contribution is -0.381. The third-order valence-corrected chi connectivity index (χ3v) is 17.4. The molecule has 11 N–H and O–H groups in total. The Hall–Kier alpha value is -0.980. The molecular formula is C45H74O18. The van der Waals surface area contributed by atoms with E-state index in [0.717, 1.165) is 32.1 Å². The smallest absolute Gasteiger partial charge is 0.187 e. The standard InChI is InChI=1S/C45H74O18/c1-19(16-46)8-13-45(56)20(2)30-27(63-45)15-26-24-7-6-22-14-23(9-11-43(22,4)25(24)10-12-44(26,30)5)58-41-36(54)34(52)38(29(18-48)60-41)61-42-37(55)39(32(50)28(17-47)59-42)62-40-35(53)33(51)31(49)21(3)57-40/h6,19-21,23-42,46-56H,7-18H2,1-5H3/t19?,20-,21+,23-,24+,25-,26-,27-,28+,29+,30-,31+,32+,33-,34+,35-,36+,37+,38+,39-,40-,41+,42-,43-,44-,45?/m0/s1. The highest BCUT2D eigenvalue weighted by atomic mass is 16.8. The first-order chi connectivity index (χ1) is 29.8. The minimum atomic E-state index is -1.85. The Balaban J connectivity index is 0.894. The Bertz CT molecular complexity index is 1600. The van der Waals surface area contributed by atoms with Gasteiger partial charge in [-0.3, -0.25) is 0 Å². The third kappa shape index (κ3) is 8.41. The molecule has 8 rings (SSSR count). The molecule has 0 bridgehead atoms. The Labute approximate surface area is 369 Å². The van der Waals surface area contributed by atoms with Crippen LogP contribution in [0.3, 0.4) is 0 Å². The molecule has 18 heteroatoms. The van der Waals surface area contributed by atoms with Gasteiger partial charge >= 0.3 is 0 Å². The first kappa shape index (κ1) is 48.5. The molecular weight excluding hydrogens is 828 g/mol. The summed E-state index contributed by atoms with van der Waals surface area (Å²) in [4.78, 5) is 0. The second-order valence-corrected chi connectivity index (χ2v) is 21.0. The van der Waals surface area contributed by atoms with Gasteiger partial charge in [-0.2, -0.15) is 0 Å². The van der Waals surface area contributed by atoms with Crippen LogP contribution in [0, 0.1) is 46.3 Å². The number of aliphatic hydroxyl groups excluding tert-OH is 10. The first-order valence-corrected chi connectivity index (χ1v) is 23.4. The Morgan fingerprint density at radius 3 is 2.08 bits per heavy atom. The van der Waals surface area contributed by atoms with Crippen molar-refractivity contribution in [2.75, 3.05) is 19.8 Å². The van der Waals surface area contributed by atoms with E-state index in [9.17, 15) is 56.2 Å². The van der Waals surface area contributed by atoms with Crippen LogP contribution in [0.1, 0.15) is 92.4 Å². The summed E-state index contributed by atoms with van der Waals surface area (Å²) >= 11 is 0. The van der Waals surface area contributed by atoms with Crippen LogP contribution in [0.2, 0.25) is 0 Å². The van der Waals surface area contributed by atoms with Crippen molar-refractivity contribution in [1.82, 2.24) is 0 Å². The number of rotatable bonds is 12. The molecule has 0 radical (unpaired) electrons. The number of ether oxygens (including phenoxy) is 7. The summed E-state index contributed by atoms with van der Waals surface area (Å²) in [6.45, 7) is 9.02. The minimum Gasteiger partial charge on any atom is -0.396 e. The van der Waals surface area contributed by atoms with E-state index in [1.165, 1.54) is 12.5 Å². The van der Waals surface area contributed by atoms with Crippen molar-refractivity contribution in [1.29, 1.82) is 0 Å². The van der Waals surface area contributed by atoms with Crippen molar-refractivity contribution in [3.8, 4) is 0 Å². The summed E-state index contributed by atoms with van der Waals surface area (Å²) in [6.07, 6.45) is -13.8. The van der Waals surface area contributed by atoms with Gasteiger partial charge in [-0.05, 0) is 98.7 Å². The maximum absolute atomic E-state index is 11.7. The molecule has 8 aliphatic rings. The Kier molecular flexibility index (Phi) is 14.2. The van der Waals surface area contributed by atoms with Crippen LogP contribution in [0.25, 0.3) is 0 Å². The van der Waals surface area contributed by atoms with Gasteiger partial charge in [-0.25, -0.2) is 0 Å². The highest BCUT2D eigenvalue weighted by molar-refractivity contribution is 5.26. The van der Waals surface area contributed by atoms with Crippen molar-refractivity contribution >= 4 is 0 Å². The molecule has 4 aliphatic carbocycles. The molecule has 26 atom stereocenters. The minimum absolute atomic E-state index is 0.00279. The van der Waals surface area contributed by atoms with Gasteiger partial charge in [0.05, 0.1) is 31.5 Å². The SMILES string of the molecule is CC(CO)CCC1(O)O[C@H]2C[C@H]3[C@@H]4CC=C5C[C@@H](O[C@@H]6O[C@H](CO)[C@@H](O[C@@H]7O[C@H](CO)[C@@H](O)[C@H](O[C@@H]8O[C@H](C)[C@@H](O)[C@H](O)[C@@H]8O)[C@H]7O)[C@H](O)[C@H]6O)CC[C@]5(C)[C@H]4CC[C@]3(C)[C@H]2[C@@H]1C. The molecule has 4 aliphatic heterocycles. The fourth-order valence-electron chi connectivity index (χ4n) is 13.6. The number of hydrogen-bond donors (Lipinski definition) is 11. The molecule has 4 heterocycles. The lowest BCUT2D eigenvalue weighted by Crippen LogP contribution is -2.66. The zero-order valence-corrected chi connectivity index (χ0v) is 37.1. The second-order valence-electron chi connectivity index (χ2n) is 21.0. The number of fused-ring (bicyclic) bond motifs is 7. The van der Waals surface area contributed by atoms with Crippen LogP contribution in [0.15, 0.2) is 11.6 Å². The molecule has 2 unspecified atom stereocenters. The van der Waals surface area contributed by atoms with Gasteiger partial charge in [-0.1, -0.05) is 39.3 Å². The van der Waals surface area contributed by atoms with Gasteiger partial charge in [0.1, 0.15) is 67.1 Å². The van der Waals surface area contributed by atoms with Crippen molar-refractivity contribution in [3.05, 3.63) is 11.6 Å². The normalized spacial score (nSPS) is 55.0. The van der Waals surface area contributed by atoms with E-state index in [2.05, 4.69) is 26.8 Å². The Morgan fingerprint density at radius 1 is 0.730 bits per heavy atom. The van der Waals surface area contributed by atoms with E-state index < -0.39 is 111 Å². The number of aliphatic hydroxyl groups is 11. The van der Waals surface area contributed by atoms with E-state index in [-0.39, 0.29) is 47.4 Å². The van der Waals surface area contributed by atoms with E-state index >= 15 is 0 Å². The number of hydrogen-bond acceptors (Lipinski definition) is 18. The fourth-order valence-corrected chi connectivity index (χ4v) is 13.6. The van der Waals surface area contributed by atoms with Crippen LogP contribution in [-0.4, -0.2) is 186 Å². The molecule has 4 saturated heterocycles. The van der Waals surface area contributed by atoms with Crippen LogP contribution in [0.4, 0.5) is 0 Å². The molecule has 3 saturated carbocycles. The van der Waals surface area contributed by atoms with Gasteiger partial charge in [0.2, 0.25) is 0 Å². The summed E-state index contributed by atoms with van der Waals surface area (Å²) in [7, 11) is 0. The molecule has 18 nitrogen and oxygen atoms in total. The van der Waals surface area contributed by atoms with Gasteiger partial charge in [-0.15, -0.1) is 0 Å². The molecule has 0 spiro atoms. The lowest BCUT2D eigenvalue weighted by atomic mass is 9.47. The largest absolute Gasteiger partial charge is 0.396 e. The highest BCUT2D eigenvalue weighted by Gasteiger charge is 2.68. The van der Waals surface area contributed by atoms with Gasteiger partial charge in [0.15, 0.2) is 24.7 Å². The molecule has 0 aromatic heterocycles. The monoisotopic (exact) mass is 902 g/mol. The van der Waals surface area contributed by atoms with Crippen LogP contribution in [0.5, 0.6) is 0 Å². The zero-order chi connectivity index (χ0) is 45.5. The van der Waals surface area contributed by atoms with Crippen LogP contribution in [-0.2, 0) is 33.2 Å². The van der Waals surface area contributed by atoms with E-state index in [4.69, 9.17) is 33.2 Å². The molecule has 0 amide bonds. The third-order valence-electron chi connectivity index (χ3n) is 17.4. The first-order valence-electron chi connectivity index (χ1n) is 23.4. The maximum Gasteiger partial charge on any atom is 0.187 e. The van der Waals surface area contributed by atoms with Gasteiger partial charge in [0, 0.05) is 18.9 Å². The van der Waals surface area contributed by atoms with Crippen LogP contribution >= 0.6 is 0 Å². The second kappa shape index (κ2) is 18.5. The predicted molar refractivity (Wildman–Crippen MR) is 218 cm³/mol. The lowest BCUT2D eigenvalue weighted by Gasteiger charge is -2.58. The highest BCUT2D eigenvalue weighted by Crippen LogP contribution is 2.70. The molecule has 0 aromatic rings. The number of allylic oxidation sites excluding steroid dienone is 1. The van der Waals surface area contributed by atoms with Gasteiger partial charge < -0.3 is 89.3 Å². The summed E-state index contributed by atoms with van der Waals surface area (Å²) in [5.74, 6) is 0.653. The zero-order valence-electron chi connectivity index (χ0n) is 37.1. The molecule has 0 aromatic carbocycles. The van der Waals surface area contributed by atoms with Crippen molar-refractivity contribution in [2.45, 2.75) is 203 Å². The van der Waals surface area contributed by atoms with Gasteiger partial charge in [0.25, 0.3) is 0 Å². The quantitative estimate of drug-likeness (QED) is 0.107.